The Hall–Kier alpha value is -0.613. The lowest BCUT2D eigenvalue weighted by molar-refractivity contribution is -0.130. The summed E-state index contributed by atoms with van der Waals surface area (Å²) >= 11 is 0. The summed E-state index contributed by atoms with van der Waals surface area (Å²) in [6.45, 7) is 4.64. The molecule has 0 saturated carbocycles. The molecule has 1 unspecified atom stereocenters. The van der Waals surface area contributed by atoms with Gasteiger partial charge in [0.25, 0.3) is 0 Å². The fourth-order valence-electron chi connectivity index (χ4n) is 0.216. The fourth-order valence-corrected chi connectivity index (χ4v) is 0.649. The van der Waals surface area contributed by atoms with Gasteiger partial charge in [0, 0.05) is 6.08 Å². The van der Waals surface area contributed by atoms with E-state index in [1.165, 1.54) is 6.55 Å². The lowest BCUT2D eigenvalue weighted by atomic mass is 10.7. The summed E-state index contributed by atoms with van der Waals surface area (Å²) in [5, 5.41) is 0. The van der Waals surface area contributed by atoms with Gasteiger partial charge in [-0.1, -0.05) is 6.58 Å². The minimum atomic E-state index is -2.17. The molecule has 0 aliphatic heterocycles. The molecule has 0 bridgehead atoms. The summed E-state index contributed by atoms with van der Waals surface area (Å²) in [5.74, 6) is -0.549. The van der Waals surface area contributed by atoms with Crippen LogP contribution in [0.4, 0.5) is 0 Å². The van der Waals surface area contributed by atoms with Gasteiger partial charge in [-0.05, 0) is 6.55 Å². The summed E-state index contributed by atoms with van der Waals surface area (Å²) in [6, 6.07) is 0. The van der Waals surface area contributed by atoms with Gasteiger partial charge in [0.2, 0.25) is 0 Å². The van der Waals surface area contributed by atoms with E-state index in [1.54, 1.807) is 0 Å². The standard InChI is InChI=1S/C4H8O3Si/c1-3-4(5)7-8(2)6/h3,6,8H,1H2,2H3. The third-order valence-corrected chi connectivity index (χ3v) is 1.03. The van der Waals surface area contributed by atoms with E-state index in [-0.39, 0.29) is 0 Å². The van der Waals surface area contributed by atoms with Crippen molar-refractivity contribution in [2.45, 2.75) is 6.55 Å². The van der Waals surface area contributed by atoms with Crippen LogP contribution in [0.2, 0.25) is 6.55 Å². The van der Waals surface area contributed by atoms with Crippen LogP contribution >= 0.6 is 0 Å². The molecule has 0 spiro atoms. The second kappa shape index (κ2) is 3.40. The summed E-state index contributed by atoms with van der Waals surface area (Å²) < 4.78 is 4.34. The average molecular weight is 132 g/mol. The summed E-state index contributed by atoms with van der Waals surface area (Å²) in [7, 11) is -2.17. The van der Waals surface area contributed by atoms with Crippen LogP contribution in [-0.2, 0) is 9.22 Å². The first kappa shape index (κ1) is 7.39. The van der Waals surface area contributed by atoms with Crippen LogP contribution in [0.25, 0.3) is 0 Å². The number of hydrogen-bond donors (Lipinski definition) is 1. The highest BCUT2D eigenvalue weighted by Gasteiger charge is 2.01. The maximum atomic E-state index is 10.2. The Morgan fingerprint density at radius 1 is 2.00 bits per heavy atom. The van der Waals surface area contributed by atoms with Gasteiger partial charge in [0.1, 0.15) is 0 Å². The summed E-state index contributed by atoms with van der Waals surface area (Å²) in [6.07, 6.45) is 1.03. The van der Waals surface area contributed by atoms with Crippen LogP contribution < -0.4 is 0 Å². The maximum Gasteiger partial charge on any atom is 0.379 e. The molecule has 0 aromatic rings. The zero-order chi connectivity index (χ0) is 6.57. The predicted molar refractivity (Wildman–Crippen MR) is 31.5 cm³/mol. The van der Waals surface area contributed by atoms with Crippen LogP contribution in [0.15, 0.2) is 12.7 Å². The molecular weight excluding hydrogens is 124 g/mol. The number of rotatable bonds is 2. The Kier molecular flexibility index (Phi) is 3.14. The number of carbonyl (C=O) groups excluding carboxylic acids is 1. The molecular formula is C4H8O3Si. The van der Waals surface area contributed by atoms with Crippen LogP contribution in [0.1, 0.15) is 0 Å². The van der Waals surface area contributed by atoms with Crippen LogP contribution in [-0.4, -0.2) is 20.0 Å². The molecule has 0 aromatic carbocycles. The molecule has 0 rings (SSSR count). The summed E-state index contributed by atoms with van der Waals surface area (Å²) in [4.78, 5) is 18.7. The molecule has 0 amide bonds. The highest BCUT2D eigenvalue weighted by molar-refractivity contribution is 6.43. The fraction of sp³-hybridized carbons (Fsp3) is 0.250. The average Bonchev–Trinajstić information content (AvgIpc) is 1.65. The van der Waals surface area contributed by atoms with E-state index in [0.29, 0.717) is 0 Å². The Bertz CT molecular complexity index is 99.5. The molecule has 0 fully saturated rings. The van der Waals surface area contributed by atoms with Crippen molar-refractivity contribution in [2.75, 3.05) is 0 Å². The molecule has 1 N–H and O–H groups in total. The van der Waals surface area contributed by atoms with E-state index in [1.807, 2.05) is 0 Å². The lowest BCUT2D eigenvalue weighted by Gasteiger charge is -1.99. The number of hydrogen-bond acceptors (Lipinski definition) is 3. The van der Waals surface area contributed by atoms with E-state index in [9.17, 15) is 4.79 Å². The lowest BCUT2D eigenvalue weighted by Crippen LogP contribution is -2.16. The SMILES string of the molecule is C=CC(=O)O[SiH](C)O. The molecule has 8 heavy (non-hydrogen) atoms. The van der Waals surface area contributed by atoms with Gasteiger partial charge in [-0.2, -0.15) is 0 Å². The zero-order valence-electron chi connectivity index (χ0n) is 4.63. The molecule has 1 atom stereocenters. The summed E-state index contributed by atoms with van der Waals surface area (Å²) in [5.41, 5.74) is 0. The normalized spacial score (nSPS) is 12.2. The Labute approximate surface area is 49.4 Å². The zero-order valence-corrected chi connectivity index (χ0v) is 5.78. The van der Waals surface area contributed by atoms with Crippen molar-refractivity contribution in [1.82, 2.24) is 0 Å². The highest BCUT2D eigenvalue weighted by Crippen LogP contribution is 1.80. The van der Waals surface area contributed by atoms with E-state index in [2.05, 4.69) is 11.0 Å². The van der Waals surface area contributed by atoms with Crippen molar-refractivity contribution < 1.29 is 14.0 Å². The van der Waals surface area contributed by atoms with Crippen molar-refractivity contribution in [2.24, 2.45) is 0 Å². The third-order valence-electron chi connectivity index (χ3n) is 0.453. The second-order valence-electron chi connectivity index (χ2n) is 1.24. The van der Waals surface area contributed by atoms with Crippen molar-refractivity contribution in [3.63, 3.8) is 0 Å². The predicted octanol–water partition coefficient (Wildman–Crippen LogP) is -0.442. The minimum Gasteiger partial charge on any atom is -0.494 e. The molecule has 0 radical (unpaired) electrons. The van der Waals surface area contributed by atoms with Crippen molar-refractivity contribution >= 4 is 15.3 Å². The van der Waals surface area contributed by atoms with E-state index in [4.69, 9.17) is 4.80 Å². The molecule has 4 heteroatoms. The van der Waals surface area contributed by atoms with Crippen molar-refractivity contribution in [3.05, 3.63) is 12.7 Å². The third kappa shape index (κ3) is 3.57. The van der Waals surface area contributed by atoms with Crippen molar-refractivity contribution in [3.8, 4) is 0 Å². The molecule has 46 valence electrons. The van der Waals surface area contributed by atoms with E-state index in [0.717, 1.165) is 6.08 Å². The van der Waals surface area contributed by atoms with E-state index >= 15 is 0 Å². The van der Waals surface area contributed by atoms with E-state index < -0.39 is 15.3 Å². The van der Waals surface area contributed by atoms with Gasteiger partial charge in [-0.25, -0.2) is 4.79 Å². The quantitative estimate of drug-likeness (QED) is 0.409. The maximum absolute atomic E-state index is 10.2. The first-order valence-electron chi connectivity index (χ1n) is 2.18. The van der Waals surface area contributed by atoms with Crippen LogP contribution in [0.5, 0.6) is 0 Å². The Morgan fingerprint density at radius 2 is 2.50 bits per heavy atom. The topological polar surface area (TPSA) is 46.5 Å². The first-order chi connectivity index (χ1) is 3.66. The monoisotopic (exact) mass is 132 g/mol. The first-order valence-corrected chi connectivity index (χ1v) is 4.32. The Morgan fingerprint density at radius 3 is 2.62 bits per heavy atom. The van der Waals surface area contributed by atoms with Gasteiger partial charge in [-0.15, -0.1) is 0 Å². The molecule has 0 heterocycles. The van der Waals surface area contributed by atoms with Gasteiger partial charge in [-0.3, -0.25) is 0 Å². The second-order valence-corrected chi connectivity index (χ2v) is 2.67. The molecule has 0 aliphatic rings. The van der Waals surface area contributed by atoms with Crippen molar-refractivity contribution in [1.29, 1.82) is 0 Å². The Balaban J connectivity index is 3.39. The largest absolute Gasteiger partial charge is 0.494 e. The van der Waals surface area contributed by atoms with Gasteiger partial charge < -0.3 is 9.22 Å². The molecule has 0 aromatic heterocycles. The smallest absolute Gasteiger partial charge is 0.379 e. The van der Waals surface area contributed by atoms with Gasteiger partial charge in [0.15, 0.2) is 0 Å². The molecule has 0 aliphatic carbocycles. The number of carbonyl (C=O) groups is 1. The highest BCUT2D eigenvalue weighted by atomic mass is 28.3. The van der Waals surface area contributed by atoms with Gasteiger partial charge >= 0.3 is 15.3 Å². The molecule has 0 saturated heterocycles. The van der Waals surface area contributed by atoms with Crippen LogP contribution in [0, 0.1) is 0 Å². The molecule has 3 nitrogen and oxygen atoms in total. The van der Waals surface area contributed by atoms with Gasteiger partial charge in [0.05, 0.1) is 0 Å². The minimum absolute atomic E-state index is 0.549. The van der Waals surface area contributed by atoms with Crippen LogP contribution in [0.3, 0.4) is 0 Å².